The molecule has 0 aliphatic carbocycles. The lowest BCUT2D eigenvalue weighted by Gasteiger charge is -2.25. The van der Waals surface area contributed by atoms with E-state index in [1.54, 1.807) is 17.0 Å². The van der Waals surface area contributed by atoms with Gasteiger partial charge in [-0.05, 0) is 43.3 Å². The largest absolute Gasteiger partial charge is 0.478 e. The fourth-order valence-corrected chi connectivity index (χ4v) is 2.31. The number of carboxylic acids is 1. The van der Waals surface area contributed by atoms with Crippen LogP contribution in [0.25, 0.3) is 0 Å². The first-order chi connectivity index (χ1) is 11.4. The highest BCUT2D eigenvalue weighted by atomic mass is 16.6. The highest BCUT2D eigenvalue weighted by Crippen LogP contribution is 2.18. The molecule has 0 radical (unpaired) electrons. The third-order valence-corrected chi connectivity index (χ3v) is 3.72. The molecule has 1 aromatic carbocycles. The number of carbonyl (C=O) groups is 2. The maximum atomic E-state index is 12.4. The van der Waals surface area contributed by atoms with Gasteiger partial charge in [0.05, 0.1) is 5.56 Å². The monoisotopic (exact) mass is 336 g/mol. The zero-order valence-corrected chi connectivity index (χ0v) is 15.0. The van der Waals surface area contributed by atoms with Gasteiger partial charge in [-0.1, -0.05) is 27.7 Å². The quantitative estimate of drug-likeness (QED) is 0.749. The van der Waals surface area contributed by atoms with Crippen molar-refractivity contribution in [2.24, 2.45) is 5.92 Å². The first-order valence-corrected chi connectivity index (χ1v) is 8.39. The van der Waals surface area contributed by atoms with Crippen LogP contribution in [0.2, 0.25) is 0 Å². The number of anilines is 1. The van der Waals surface area contributed by atoms with E-state index in [9.17, 15) is 9.59 Å². The van der Waals surface area contributed by atoms with Crippen molar-refractivity contribution in [3.05, 3.63) is 29.8 Å². The van der Waals surface area contributed by atoms with Crippen molar-refractivity contribution in [2.45, 2.75) is 27.7 Å². The van der Waals surface area contributed by atoms with Crippen LogP contribution in [0.3, 0.4) is 0 Å². The second kappa shape index (κ2) is 9.93. The standard InChI is InChI=1S/C18H28N2O4/c1-5-19(6-2)11-12-24-18(23)20(13-14(3)4)16-9-7-15(8-10-16)17(21)22/h7-10,14H,5-6,11-13H2,1-4H3,(H,21,22). The fraction of sp³-hybridized carbons (Fsp3) is 0.556. The number of aromatic carboxylic acids is 1. The third kappa shape index (κ3) is 6.20. The summed E-state index contributed by atoms with van der Waals surface area (Å²) in [5.41, 5.74) is 0.833. The molecule has 0 aromatic heterocycles. The molecule has 134 valence electrons. The molecule has 1 amide bonds. The Morgan fingerprint density at radius 1 is 1.12 bits per heavy atom. The van der Waals surface area contributed by atoms with Gasteiger partial charge < -0.3 is 14.7 Å². The van der Waals surface area contributed by atoms with Crippen LogP contribution in [0.15, 0.2) is 24.3 Å². The topological polar surface area (TPSA) is 70.1 Å². The number of hydrogen-bond donors (Lipinski definition) is 1. The predicted molar refractivity (Wildman–Crippen MR) is 94.7 cm³/mol. The summed E-state index contributed by atoms with van der Waals surface area (Å²) < 4.78 is 5.40. The number of hydrogen-bond acceptors (Lipinski definition) is 4. The molecule has 0 aliphatic rings. The van der Waals surface area contributed by atoms with Crippen LogP contribution in [0.1, 0.15) is 38.1 Å². The molecular formula is C18H28N2O4. The van der Waals surface area contributed by atoms with Gasteiger partial charge in [0.2, 0.25) is 0 Å². The summed E-state index contributed by atoms with van der Waals surface area (Å²) in [4.78, 5) is 27.1. The third-order valence-electron chi connectivity index (χ3n) is 3.72. The van der Waals surface area contributed by atoms with Crippen molar-refractivity contribution in [1.82, 2.24) is 4.90 Å². The van der Waals surface area contributed by atoms with Crippen molar-refractivity contribution in [3.63, 3.8) is 0 Å². The molecule has 6 nitrogen and oxygen atoms in total. The Kier molecular flexibility index (Phi) is 8.26. The smallest absolute Gasteiger partial charge is 0.414 e. The second-order valence-electron chi connectivity index (χ2n) is 6.00. The van der Waals surface area contributed by atoms with Crippen LogP contribution >= 0.6 is 0 Å². The summed E-state index contributed by atoms with van der Waals surface area (Å²) >= 11 is 0. The first-order valence-electron chi connectivity index (χ1n) is 8.39. The molecule has 6 heteroatoms. The van der Waals surface area contributed by atoms with Crippen LogP contribution in [0, 0.1) is 5.92 Å². The molecule has 0 aliphatic heterocycles. The van der Waals surface area contributed by atoms with E-state index in [4.69, 9.17) is 9.84 Å². The van der Waals surface area contributed by atoms with E-state index in [1.165, 1.54) is 12.1 Å². The van der Waals surface area contributed by atoms with E-state index in [0.717, 1.165) is 13.1 Å². The van der Waals surface area contributed by atoms with Crippen molar-refractivity contribution in [1.29, 1.82) is 0 Å². The summed E-state index contributed by atoms with van der Waals surface area (Å²) in [6, 6.07) is 6.26. The Bertz CT molecular complexity index is 524. The molecule has 0 atom stereocenters. The van der Waals surface area contributed by atoms with E-state index < -0.39 is 12.1 Å². The number of carboxylic acid groups (broad SMARTS) is 1. The van der Waals surface area contributed by atoms with Crippen molar-refractivity contribution in [2.75, 3.05) is 37.7 Å². The lowest BCUT2D eigenvalue weighted by molar-refractivity contribution is 0.0697. The van der Waals surface area contributed by atoms with Crippen LogP contribution < -0.4 is 4.90 Å². The van der Waals surface area contributed by atoms with Crippen LogP contribution in [-0.2, 0) is 4.74 Å². The number of nitrogens with zero attached hydrogens (tertiary/aromatic N) is 2. The highest BCUT2D eigenvalue weighted by Gasteiger charge is 2.19. The number of carbonyl (C=O) groups excluding carboxylic acids is 1. The van der Waals surface area contributed by atoms with Gasteiger partial charge in [0.1, 0.15) is 6.61 Å². The van der Waals surface area contributed by atoms with E-state index in [1.807, 2.05) is 13.8 Å². The van der Waals surface area contributed by atoms with Gasteiger partial charge in [0.25, 0.3) is 0 Å². The van der Waals surface area contributed by atoms with Crippen LogP contribution in [0.5, 0.6) is 0 Å². The van der Waals surface area contributed by atoms with Gasteiger partial charge in [-0.3, -0.25) is 4.90 Å². The van der Waals surface area contributed by atoms with Gasteiger partial charge in [-0.25, -0.2) is 9.59 Å². The molecule has 0 spiro atoms. The van der Waals surface area contributed by atoms with Crippen molar-refractivity contribution >= 4 is 17.7 Å². The maximum Gasteiger partial charge on any atom is 0.414 e. The Labute approximate surface area is 144 Å². The molecule has 1 rings (SSSR count). The number of benzene rings is 1. The molecule has 0 heterocycles. The van der Waals surface area contributed by atoms with E-state index in [-0.39, 0.29) is 11.5 Å². The summed E-state index contributed by atoms with van der Waals surface area (Å²) in [6.07, 6.45) is -0.404. The second-order valence-corrected chi connectivity index (χ2v) is 6.00. The Hall–Kier alpha value is -2.08. The molecule has 1 aromatic rings. The minimum absolute atomic E-state index is 0.193. The minimum atomic E-state index is -0.987. The summed E-state index contributed by atoms with van der Waals surface area (Å²) in [6.45, 7) is 11.6. The SMILES string of the molecule is CCN(CC)CCOC(=O)N(CC(C)C)c1ccc(C(=O)O)cc1. The lowest BCUT2D eigenvalue weighted by Crippen LogP contribution is -2.36. The lowest BCUT2D eigenvalue weighted by atomic mass is 10.1. The molecule has 0 unspecified atom stereocenters. The number of ether oxygens (including phenoxy) is 1. The van der Waals surface area contributed by atoms with Gasteiger partial charge in [-0.2, -0.15) is 0 Å². The zero-order valence-electron chi connectivity index (χ0n) is 15.0. The van der Waals surface area contributed by atoms with Gasteiger partial charge in [-0.15, -0.1) is 0 Å². The minimum Gasteiger partial charge on any atom is -0.478 e. The molecule has 1 N–H and O–H groups in total. The van der Waals surface area contributed by atoms with Crippen molar-refractivity contribution in [3.8, 4) is 0 Å². The van der Waals surface area contributed by atoms with Gasteiger partial charge >= 0.3 is 12.1 Å². The van der Waals surface area contributed by atoms with E-state index in [2.05, 4.69) is 18.7 Å². The molecule has 0 fully saturated rings. The molecular weight excluding hydrogens is 308 g/mol. The Morgan fingerprint density at radius 3 is 2.17 bits per heavy atom. The van der Waals surface area contributed by atoms with Gasteiger partial charge in [0.15, 0.2) is 0 Å². The normalized spacial score (nSPS) is 10.9. The summed E-state index contributed by atoms with van der Waals surface area (Å²) in [5, 5.41) is 8.97. The number of rotatable bonds is 9. The first kappa shape index (κ1) is 20.0. The number of amides is 1. The Balaban J connectivity index is 2.76. The van der Waals surface area contributed by atoms with Crippen LogP contribution in [0.4, 0.5) is 10.5 Å². The maximum absolute atomic E-state index is 12.4. The molecule has 0 saturated heterocycles. The zero-order chi connectivity index (χ0) is 18.1. The van der Waals surface area contributed by atoms with Crippen LogP contribution in [-0.4, -0.2) is 54.9 Å². The average Bonchev–Trinajstić information content (AvgIpc) is 2.56. The Morgan fingerprint density at radius 2 is 1.71 bits per heavy atom. The van der Waals surface area contributed by atoms with Gasteiger partial charge in [0, 0.05) is 18.8 Å². The van der Waals surface area contributed by atoms with E-state index >= 15 is 0 Å². The average molecular weight is 336 g/mol. The molecule has 24 heavy (non-hydrogen) atoms. The highest BCUT2D eigenvalue weighted by molar-refractivity contribution is 5.90. The van der Waals surface area contributed by atoms with Crippen molar-refractivity contribution < 1.29 is 19.4 Å². The molecule has 0 saturated carbocycles. The summed E-state index contributed by atoms with van der Waals surface area (Å²) in [5.74, 6) is -0.724. The number of likely N-dealkylation sites (N-methyl/N-ethyl adjacent to an activating group) is 1. The summed E-state index contributed by atoms with van der Waals surface area (Å²) in [7, 11) is 0. The van der Waals surface area contributed by atoms with E-state index in [0.29, 0.717) is 25.4 Å². The predicted octanol–water partition coefficient (Wildman–Crippen LogP) is 3.33. The molecule has 0 bridgehead atoms. The fourth-order valence-electron chi connectivity index (χ4n) is 2.31.